The molecule has 1 heterocycles. The first kappa shape index (κ1) is 16.5. The Balaban J connectivity index is 2.90. The van der Waals surface area contributed by atoms with E-state index in [4.69, 9.17) is 4.74 Å². The van der Waals surface area contributed by atoms with Gasteiger partial charge in [-0.05, 0) is 37.8 Å². The molecule has 1 rings (SSSR count). The highest BCUT2D eigenvalue weighted by Gasteiger charge is 2.18. The monoisotopic (exact) mass is 278 g/mol. The van der Waals surface area contributed by atoms with E-state index in [-0.39, 0.29) is 24.0 Å². The summed E-state index contributed by atoms with van der Waals surface area (Å²) in [7, 11) is 0. The zero-order valence-corrected chi connectivity index (χ0v) is 13.4. The van der Waals surface area contributed by atoms with Crippen LogP contribution in [0.2, 0.25) is 0 Å². The Morgan fingerprint density at radius 1 is 1.35 bits per heavy atom. The molecule has 0 unspecified atom stereocenters. The molecule has 0 bridgehead atoms. The molecule has 0 saturated heterocycles. The summed E-state index contributed by atoms with van der Waals surface area (Å²) in [5.74, 6) is 0.587. The summed E-state index contributed by atoms with van der Waals surface area (Å²) in [5.41, 5.74) is 1.26. The Hall–Kier alpha value is -1.58. The highest BCUT2D eigenvalue weighted by Crippen LogP contribution is 2.23. The van der Waals surface area contributed by atoms with Gasteiger partial charge >= 0.3 is 5.97 Å². The quantitative estimate of drug-likeness (QED) is 0.776. The highest BCUT2D eigenvalue weighted by molar-refractivity contribution is 5.75. The van der Waals surface area contributed by atoms with Crippen LogP contribution in [0, 0.1) is 0 Å². The van der Waals surface area contributed by atoms with Gasteiger partial charge in [0.15, 0.2) is 0 Å². The van der Waals surface area contributed by atoms with Gasteiger partial charge in [0.25, 0.3) is 0 Å². The lowest BCUT2D eigenvalue weighted by atomic mass is 9.88. The Bertz CT molecular complexity index is 433. The van der Waals surface area contributed by atoms with E-state index >= 15 is 0 Å². The van der Waals surface area contributed by atoms with E-state index in [1.165, 1.54) is 5.56 Å². The maximum absolute atomic E-state index is 11.7. The van der Waals surface area contributed by atoms with Gasteiger partial charge in [0.1, 0.15) is 12.4 Å². The van der Waals surface area contributed by atoms with Crippen molar-refractivity contribution in [2.75, 3.05) is 18.1 Å². The molecular weight excluding hydrogens is 252 g/mol. The van der Waals surface area contributed by atoms with Crippen molar-refractivity contribution in [3.8, 4) is 0 Å². The average Bonchev–Trinajstić information content (AvgIpc) is 2.35. The number of anilines is 1. The van der Waals surface area contributed by atoms with Gasteiger partial charge in [-0.15, -0.1) is 0 Å². The second-order valence-corrected chi connectivity index (χ2v) is 6.18. The molecule has 0 radical (unpaired) electrons. The van der Waals surface area contributed by atoms with Gasteiger partial charge in [0.2, 0.25) is 0 Å². The highest BCUT2D eigenvalue weighted by atomic mass is 16.5. The molecule has 0 aliphatic heterocycles. The summed E-state index contributed by atoms with van der Waals surface area (Å²) in [6.07, 6.45) is 1.88. The third-order valence-corrected chi connectivity index (χ3v) is 3.14. The number of carbonyl (C=O) groups is 1. The molecule has 0 aliphatic rings. The van der Waals surface area contributed by atoms with Crippen molar-refractivity contribution in [1.29, 1.82) is 0 Å². The van der Waals surface area contributed by atoms with E-state index in [1.54, 1.807) is 0 Å². The van der Waals surface area contributed by atoms with Gasteiger partial charge in [-0.2, -0.15) is 0 Å². The van der Waals surface area contributed by atoms with Crippen LogP contribution in [0.15, 0.2) is 18.3 Å². The number of esters is 1. The maximum atomic E-state index is 11.7. The third kappa shape index (κ3) is 4.51. The Kier molecular flexibility index (Phi) is 5.54. The van der Waals surface area contributed by atoms with Crippen molar-refractivity contribution in [1.82, 2.24) is 4.98 Å². The molecule has 20 heavy (non-hydrogen) atoms. The minimum atomic E-state index is -0.220. The topological polar surface area (TPSA) is 42.4 Å². The minimum absolute atomic E-state index is 0.0787. The summed E-state index contributed by atoms with van der Waals surface area (Å²) in [5, 5.41) is 0. The largest absolute Gasteiger partial charge is 0.465 e. The van der Waals surface area contributed by atoms with Crippen molar-refractivity contribution in [3.63, 3.8) is 0 Å². The van der Waals surface area contributed by atoms with E-state index in [2.05, 4.69) is 31.8 Å². The first-order chi connectivity index (χ1) is 9.25. The molecule has 0 aliphatic carbocycles. The lowest BCUT2D eigenvalue weighted by Crippen LogP contribution is -2.37. The maximum Gasteiger partial charge on any atom is 0.325 e. The second kappa shape index (κ2) is 6.73. The van der Waals surface area contributed by atoms with Crippen LogP contribution in [-0.2, 0) is 14.9 Å². The molecule has 0 amide bonds. The molecule has 1 aromatic heterocycles. The number of hydrogen-bond donors (Lipinski definition) is 0. The van der Waals surface area contributed by atoms with Gasteiger partial charge in [-0.25, -0.2) is 4.98 Å². The van der Waals surface area contributed by atoms with E-state index in [0.717, 1.165) is 5.82 Å². The molecule has 0 saturated carbocycles. The van der Waals surface area contributed by atoms with Gasteiger partial charge in [-0.1, -0.05) is 26.8 Å². The number of rotatable bonds is 5. The van der Waals surface area contributed by atoms with Crippen LogP contribution in [0.1, 0.15) is 47.1 Å². The van der Waals surface area contributed by atoms with Crippen molar-refractivity contribution in [3.05, 3.63) is 23.9 Å². The predicted molar refractivity (Wildman–Crippen MR) is 82.1 cm³/mol. The lowest BCUT2D eigenvalue weighted by Gasteiger charge is -2.27. The normalized spacial score (nSPS) is 11.6. The zero-order chi connectivity index (χ0) is 15.3. The fraction of sp³-hybridized carbons (Fsp3) is 0.625. The summed E-state index contributed by atoms with van der Waals surface area (Å²) in [6.45, 7) is 13.0. The number of ether oxygens (including phenoxy) is 1. The van der Waals surface area contributed by atoms with Crippen molar-refractivity contribution < 1.29 is 9.53 Å². The average molecular weight is 278 g/mol. The number of hydrogen-bond acceptors (Lipinski definition) is 4. The van der Waals surface area contributed by atoms with E-state index in [0.29, 0.717) is 6.61 Å². The van der Waals surface area contributed by atoms with Crippen LogP contribution in [0.3, 0.4) is 0 Å². The SMILES string of the molecule is CCOC(=O)CN(c1ccc(C(C)(C)C)cn1)C(C)C. The van der Waals surface area contributed by atoms with Crippen LogP contribution < -0.4 is 4.90 Å². The van der Waals surface area contributed by atoms with Gasteiger partial charge in [0.05, 0.1) is 6.61 Å². The van der Waals surface area contributed by atoms with Gasteiger partial charge in [0, 0.05) is 12.2 Å². The standard InChI is InChI=1S/C16H26N2O2/c1-7-20-15(19)11-18(12(2)3)14-9-8-13(10-17-14)16(4,5)6/h8-10,12H,7,11H2,1-6H3. The van der Waals surface area contributed by atoms with E-state index < -0.39 is 0 Å². The third-order valence-electron chi connectivity index (χ3n) is 3.14. The summed E-state index contributed by atoms with van der Waals surface area (Å²) < 4.78 is 5.01. The fourth-order valence-corrected chi connectivity index (χ4v) is 1.87. The molecule has 1 aromatic rings. The zero-order valence-electron chi connectivity index (χ0n) is 13.4. The number of nitrogens with zero attached hydrogens (tertiary/aromatic N) is 2. The van der Waals surface area contributed by atoms with Crippen LogP contribution in [0.5, 0.6) is 0 Å². The predicted octanol–water partition coefficient (Wildman–Crippen LogP) is 3.16. The molecule has 112 valence electrons. The van der Waals surface area contributed by atoms with Crippen LogP contribution in [-0.4, -0.2) is 30.1 Å². The fourth-order valence-electron chi connectivity index (χ4n) is 1.87. The first-order valence-corrected chi connectivity index (χ1v) is 7.14. The van der Waals surface area contributed by atoms with Crippen molar-refractivity contribution in [2.45, 2.75) is 53.0 Å². The first-order valence-electron chi connectivity index (χ1n) is 7.14. The molecule has 0 N–H and O–H groups in total. The van der Waals surface area contributed by atoms with Crippen LogP contribution >= 0.6 is 0 Å². The van der Waals surface area contributed by atoms with Gasteiger partial charge < -0.3 is 9.64 Å². The lowest BCUT2D eigenvalue weighted by molar-refractivity contribution is -0.141. The number of carbonyl (C=O) groups excluding carboxylic acids is 1. The van der Waals surface area contributed by atoms with Crippen molar-refractivity contribution >= 4 is 11.8 Å². The smallest absolute Gasteiger partial charge is 0.325 e. The molecule has 4 heteroatoms. The molecule has 0 aromatic carbocycles. The Labute approximate surface area is 122 Å². The van der Waals surface area contributed by atoms with Crippen molar-refractivity contribution in [2.24, 2.45) is 0 Å². The molecule has 0 atom stereocenters. The Morgan fingerprint density at radius 2 is 2.00 bits per heavy atom. The molecular formula is C16H26N2O2. The molecule has 4 nitrogen and oxygen atoms in total. The molecule has 0 spiro atoms. The van der Waals surface area contributed by atoms with E-state index in [1.807, 2.05) is 37.9 Å². The summed E-state index contributed by atoms with van der Waals surface area (Å²) >= 11 is 0. The second-order valence-electron chi connectivity index (χ2n) is 6.18. The Morgan fingerprint density at radius 3 is 2.40 bits per heavy atom. The minimum Gasteiger partial charge on any atom is -0.465 e. The summed E-state index contributed by atoms with van der Waals surface area (Å²) in [4.78, 5) is 18.1. The van der Waals surface area contributed by atoms with Gasteiger partial charge in [-0.3, -0.25) is 4.79 Å². The van der Waals surface area contributed by atoms with Crippen LogP contribution in [0.4, 0.5) is 5.82 Å². The van der Waals surface area contributed by atoms with E-state index in [9.17, 15) is 4.79 Å². The molecule has 0 fully saturated rings. The van der Waals surface area contributed by atoms with Crippen LogP contribution in [0.25, 0.3) is 0 Å². The summed E-state index contributed by atoms with van der Waals surface area (Å²) in [6, 6.07) is 4.23. The number of pyridine rings is 1. The number of aromatic nitrogens is 1.